The number of hydrogen-bond donors (Lipinski definition) is 0. The highest BCUT2D eigenvalue weighted by Crippen LogP contribution is 2.33. The summed E-state index contributed by atoms with van der Waals surface area (Å²) in [4.78, 5) is 17.4. The van der Waals surface area contributed by atoms with Crippen LogP contribution in [0.15, 0.2) is 71.6 Å². The molecule has 11 heteroatoms. The third kappa shape index (κ3) is 6.52. The fraction of sp³-hybridized carbons (Fsp3) is 0.345. The lowest BCUT2D eigenvalue weighted by molar-refractivity contribution is -0.133. The Morgan fingerprint density at radius 1 is 0.950 bits per heavy atom. The Kier molecular flexibility index (Phi) is 8.80. The number of carbonyl (C=O) groups is 1. The minimum Gasteiger partial charge on any atom is -0.495 e. The smallest absolute Gasteiger partial charge is 0.243 e. The summed E-state index contributed by atoms with van der Waals surface area (Å²) in [6.07, 6.45) is 0.473. The molecule has 0 bridgehead atoms. The van der Waals surface area contributed by atoms with Crippen molar-refractivity contribution in [2.45, 2.75) is 17.9 Å². The van der Waals surface area contributed by atoms with Gasteiger partial charge in [0.1, 0.15) is 5.75 Å². The molecule has 0 unspecified atom stereocenters. The Hall–Kier alpha value is -3.31. The second kappa shape index (κ2) is 12.5. The van der Waals surface area contributed by atoms with Crippen LogP contribution in [0.25, 0.3) is 0 Å². The molecule has 1 saturated heterocycles. The first-order valence-electron chi connectivity index (χ1n) is 13.1. The highest BCUT2D eigenvalue weighted by atomic mass is 35.5. The van der Waals surface area contributed by atoms with Gasteiger partial charge in [0.15, 0.2) is 11.5 Å². The average molecular weight is 586 g/mol. The molecular weight excluding hydrogens is 554 g/mol. The van der Waals surface area contributed by atoms with E-state index in [-0.39, 0.29) is 35.7 Å². The molecule has 9 nitrogen and oxygen atoms in total. The fourth-order valence-electron chi connectivity index (χ4n) is 4.84. The molecule has 1 amide bonds. The van der Waals surface area contributed by atoms with Gasteiger partial charge in [-0.15, -0.1) is 0 Å². The number of halogens is 1. The highest BCUT2D eigenvalue weighted by Gasteiger charge is 2.30. The van der Waals surface area contributed by atoms with Crippen molar-refractivity contribution in [3.05, 3.63) is 82.9 Å². The van der Waals surface area contributed by atoms with Gasteiger partial charge in [0.25, 0.3) is 0 Å². The molecular formula is C29H32ClN3O6S. The zero-order chi connectivity index (χ0) is 28.1. The number of piperazine rings is 1. The number of hydrogen-bond acceptors (Lipinski definition) is 7. The van der Waals surface area contributed by atoms with Crippen molar-refractivity contribution in [3.8, 4) is 17.2 Å². The maximum atomic E-state index is 13.7. The van der Waals surface area contributed by atoms with Gasteiger partial charge < -0.3 is 19.1 Å². The summed E-state index contributed by atoms with van der Waals surface area (Å²) < 4.78 is 44.7. The van der Waals surface area contributed by atoms with Crippen molar-refractivity contribution in [1.82, 2.24) is 14.1 Å². The van der Waals surface area contributed by atoms with Crippen molar-refractivity contribution in [2.75, 3.05) is 53.2 Å². The van der Waals surface area contributed by atoms with Gasteiger partial charge in [-0.05, 0) is 47.9 Å². The minimum atomic E-state index is -4.00. The molecule has 0 aliphatic carbocycles. The van der Waals surface area contributed by atoms with E-state index < -0.39 is 10.0 Å². The van der Waals surface area contributed by atoms with E-state index in [1.165, 1.54) is 29.6 Å². The second-order valence-corrected chi connectivity index (χ2v) is 12.1. The van der Waals surface area contributed by atoms with Crippen LogP contribution in [0.5, 0.6) is 17.2 Å². The third-order valence-corrected chi connectivity index (χ3v) is 9.27. The van der Waals surface area contributed by atoms with Crippen LogP contribution in [0.3, 0.4) is 0 Å². The summed E-state index contributed by atoms with van der Waals surface area (Å²) in [5.74, 6) is 1.66. The molecule has 0 spiro atoms. The summed E-state index contributed by atoms with van der Waals surface area (Å²) in [6, 6.07) is 19.9. The zero-order valence-electron chi connectivity index (χ0n) is 22.3. The maximum absolute atomic E-state index is 13.7. The van der Waals surface area contributed by atoms with Gasteiger partial charge in [0, 0.05) is 39.3 Å². The molecule has 40 heavy (non-hydrogen) atoms. The van der Waals surface area contributed by atoms with E-state index in [1.54, 1.807) is 4.90 Å². The minimum absolute atomic E-state index is 0.0210. The largest absolute Gasteiger partial charge is 0.495 e. The molecule has 0 N–H and O–H groups in total. The van der Waals surface area contributed by atoms with Crippen LogP contribution in [-0.2, 0) is 27.8 Å². The predicted molar refractivity (Wildman–Crippen MR) is 151 cm³/mol. The standard InChI is InChI=1S/C29H32ClN3O6S/c1-37-26-10-8-24(18-25(26)30)40(35,36)33(12-11-22-5-3-2-4-6-22)20-29(34)32-15-13-31(14-16-32)19-23-7-9-27-28(17-23)39-21-38-27/h2-10,17-18H,11-16,19-21H2,1H3. The van der Waals surface area contributed by atoms with Crippen LogP contribution in [0.2, 0.25) is 5.02 Å². The third-order valence-electron chi connectivity index (χ3n) is 7.13. The first-order valence-corrected chi connectivity index (χ1v) is 14.9. The summed E-state index contributed by atoms with van der Waals surface area (Å²) in [7, 11) is -2.53. The SMILES string of the molecule is COc1ccc(S(=O)(=O)N(CCc2ccccc2)CC(=O)N2CCN(Cc3ccc4c(c3)OCO4)CC2)cc1Cl. The average Bonchev–Trinajstić information content (AvgIpc) is 3.44. The van der Waals surface area contributed by atoms with Crippen LogP contribution >= 0.6 is 11.6 Å². The quantitative estimate of drug-likeness (QED) is 0.359. The first-order chi connectivity index (χ1) is 19.3. The molecule has 5 rings (SSSR count). The van der Waals surface area contributed by atoms with E-state index in [9.17, 15) is 13.2 Å². The van der Waals surface area contributed by atoms with Crippen LogP contribution in [0.4, 0.5) is 0 Å². The van der Waals surface area contributed by atoms with Gasteiger partial charge in [0.2, 0.25) is 22.7 Å². The van der Waals surface area contributed by atoms with Gasteiger partial charge in [-0.3, -0.25) is 9.69 Å². The lowest BCUT2D eigenvalue weighted by Gasteiger charge is -2.35. The van der Waals surface area contributed by atoms with Gasteiger partial charge >= 0.3 is 0 Å². The van der Waals surface area contributed by atoms with Crippen molar-refractivity contribution in [2.24, 2.45) is 0 Å². The molecule has 3 aromatic rings. The Morgan fingerprint density at radius 2 is 1.70 bits per heavy atom. The topological polar surface area (TPSA) is 88.6 Å². The molecule has 1 fully saturated rings. The number of rotatable bonds is 10. The fourth-order valence-corrected chi connectivity index (χ4v) is 6.58. The second-order valence-electron chi connectivity index (χ2n) is 9.72. The number of methoxy groups -OCH3 is 1. The molecule has 0 saturated carbocycles. The lowest BCUT2D eigenvalue weighted by Crippen LogP contribution is -2.51. The van der Waals surface area contributed by atoms with Gasteiger partial charge in [-0.2, -0.15) is 4.31 Å². The van der Waals surface area contributed by atoms with E-state index in [4.69, 9.17) is 25.8 Å². The number of carbonyl (C=O) groups excluding carboxylic acids is 1. The molecule has 0 atom stereocenters. The van der Waals surface area contributed by atoms with Crippen LogP contribution < -0.4 is 14.2 Å². The summed E-state index contributed by atoms with van der Waals surface area (Å²) in [6.45, 7) is 3.29. The van der Waals surface area contributed by atoms with E-state index in [1.807, 2.05) is 48.5 Å². The number of fused-ring (bicyclic) bond motifs is 1. The van der Waals surface area contributed by atoms with Gasteiger partial charge in [-0.1, -0.05) is 48.0 Å². The normalized spacial score (nSPS) is 15.4. The number of ether oxygens (including phenoxy) is 3. The van der Waals surface area contributed by atoms with Crippen molar-refractivity contribution >= 4 is 27.5 Å². The predicted octanol–water partition coefficient (Wildman–Crippen LogP) is 3.66. The molecule has 0 aromatic heterocycles. The van der Waals surface area contributed by atoms with Gasteiger partial charge in [0.05, 0.1) is 23.6 Å². The van der Waals surface area contributed by atoms with Crippen molar-refractivity contribution in [3.63, 3.8) is 0 Å². The van der Waals surface area contributed by atoms with E-state index in [0.29, 0.717) is 38.3 Å². The van der Waals surface area contributed by atoms with E-state index in [2.05, 4.69) is 4.90 Å². The molecule has 2 aliphatic heterocycles. The van der Waals surface area contributed by atoms with E-state index in [0.717, 1.165) is 29.2 Å². The first kappa shape index (κ1) is 28.2. The highest BCUT2D eigenvalue weighted by molar-refractivity contribution is 7.89. The number of benzene rings is 3. The van der Waals surface area contributed by atoms with Crippen LogP contribution in [0, 0.1) is 0 Å². The Labute approximate surface area is 239 Å². The Balaban J connectivity index is 1.24. The summed E-state index contributed by atoms with van der Waals surface area (Å²) in [5.41, 5.74) is 2.10. The van der Waals surface area contributed by atoms with Crippen molar-refractivity contribution < 1.29 is 27.4 Å². The maximum Gasteiger partial charge on any atom is 0.243 e. The Morgan fingerprint density at radius 3 is 2.42 bits per heavy atom. The number of amides is 1. The molecule has 3 aromatic carbocycles. The van der Waals surface area contributed by atoms with Crippen molar-refractivity contribution in [1.29, 1.82) is 0 Å². The molecule has 0 radical (unpaired) electrons. The monoisotopic (exact) mass is 585 g/mol. The molecule has 2 aliphatic rings. The number of nitrogens with zero attached hydrogens (tertiary/aromatic N) is 3. The summed E-state index contributed by atoms with van der Waals surface area (Å²) in [5, 5.41) is 0.191. The zero-order valence-corrected chi connectivity index (χ0v) is 23.9. The number of sulfonamides is 1. The van der Waals surface area contributed by atoms with Gasteiger partial charge in [-0.25, -0.2) is 8.42 Å². The molecule has 2 heterocycles. The van der Waals surface area contributed by atoms with E-state index >= 15 is 0 Å². The van der Waals surface area contributed by atoms with Crippen LogP contribution in [0.1, 0.15) is 11.1 Å². The lowest BCUT2D eigenvalue weighted by atomic mass is 10.1. The summed E-state index contributed by atoms with van der Waals surface area (Å²) >= 11 is 6.24. The molecule has 212 valence electrons. The Bertz CT molecular complexity index is 1450. The van der Waals surface area contributed by atoms with Crippen LogP contribution in [-0.4, -0.2) is 81.6 Å².